The molecule has 1 heterocycles. The zero-order valence-electron chi connectivity index (χ0n) is 16.2. The normalized spacial score (nSPS) is 15.6. The van der Waals surface area contributed by atoms with Gasteiger partial charge in [0.05, 0.1) is 0 Å². The minimum Gasteiger partial charge on any atom is -0.419 e. The predicted molar refractivity (Wildman–Crippen MR) is 101 cm³/mol. The van der Waals surface area contributed by atoms with E-state index in [0.29, 0.717) is 11.3 Å². The molecule has 1 aromatic carbocycles. The second kappa shape index (κ2) is 8.70. The molecule has 0 saturated carbocycles. The standard InChI is InChI=1S/C20H26N2O5/c1-5-11-22(12-6-2)17(23)14-7-9-15(10-8-14)21-13-16-18(24)26-20(3,4)27-19(16)25/h7-10,13,21H,5-6,11-12H2,1-4H3. The third kappa shape index (κ3) is 5.32. The Hall–Kier alpha value is -2.83. The summed E-state index contributed by atoms with van der Waals surface area (Å²) in [4.78, 5) is 38.2. The highest BCUT2D eigenvalue weighted by Crippen LogP contribution is 2.22. The molecule has 0 aliphatic carbocycles. The van der Waals surface area contributed by atoms with E-state index < -0.39 is 17.7 Å². The fourth-order valence-electron chi connectivity index (χ4n) is 2.68. The first-order valence-corrected chi connectivity index (χ1v) is 9.10. The van der Waals surface area contributed by atoms with Crippen molar-refractivity contribution in [3.8, 4) is 0 Å². The fraction of sp³-hybridized carbons (Fsp3) is 0.450. The molecule has 0 bridgehead atoms. The van der Waals surface area contributed by atoms with Gasteiger partial charge in [-0.25, -0.2) is 9.59 Å². The van der Waals surface area contributed by atoms with Gasteiger partial charge in [0.1, 0.15) is 0 Å². The van der Waals surface area contributed by atoms with Gasteiger partial charge >= 0.3 is 11.9 Å². The van der Waals surface area contributed by atoms with Crippen LogP contribution in [0.15, 0.2) is 36.0 Å². The lowest BCUT2D eigenvalue weighted by molar-refractivity contribution is -0.222. The number of nitrogens with one attached hydrogen (secondary N) is 1. The molecule has 2 rings (SSSR count). The summed E-state index contributed by atoms with van der Waals surface area (Å²) in [5.74, 6) is -2.77. The Kier molecular flexibility index (Phi) is 6.60. The van der Waals surface area contributed by atoms with Crippen LogP contribution in [0.5, 0.6) is 0 Å². The van der Waals surface area contributed by atoms with Crippen molar-refractivity contribution in [1.29, 1.82) is 0 Å². The number of esters is 2. The first kappa shape index (κ1) is 20.5. The first-order valence-electron chi connectivity index (χ1n) is 9.10. The summed E-state index contributed by atoms with van der Waals surface area (Å²) in [5.41, 5.74) is 1.00. The number of hydrogen-bond donors (Lipinski definition) is 1. The molecule has 1 aromatic rings. The Morgan fingerprint density at radius 1 is 1.04 bits per heavy atom. The van der Waals surface area contributed by atoms with Crippen LogP contribution < -0.4 is 5.32 Å². The number of cyclic esters (lactones) is 2. The van der Waals surface area contributed by atoms with Crippen LogP contribution in [0, 0.1) is 0 Å². The zero-order valence-corrected chi connectivity index (χ0v) is 16.2. The smallest absolute Gasteiger partial charge is 0.350 e. The second-order valence-corrected chi connectivity index (χ2v) is 6.75. The highest BCUT2D eigenvalue weighted by atomic mass is 16.7. The van der Waals surface area contributed by atoms with Gasteiger partial charge in [0.2, 0.25) is 0 Å². The summed E-state index contributed by atoms with van der Waals surface area (Å²) in [6, 6.07) is 6.85. The highest BCUT2D eigenvalue weighted by Gasteiger charge is 2.38. The maximum atomic E-state index is 12.6. The van der Waals surface area contributed by atoms with Gasteiger partial charge in [0.25, 0.3) is 11.7 Å². The molecule has 1 aliphatic heterocycles. The first-order chi connectivity index (χ1) is 12.8. The van der Waals surface area contributed by atoms with Crippen molar-refractivity contribution in [2.24, 2.45) is 0 Å². The largest absolute Gasteiger partial charge is 0.419 e. The van der Waals surface area contributed by atoms with Gasteiger partial charge in [-0.1, -0.05) is 13.8 Å². The summed E-state index contributed by atoms with van der Waals surface area (Å²) in [6.07, 6.45) is 3.06. The number of benzene rings is 1. The Morgan fingerprint density at radius 3 is 2.04 bits per heavy atom. The van der Waals surface area contributed by atoms with Crippen LogP contribution >= 0.6 is 0 Å². The quantitative estimate of drug-likeness (QED) is 0.448. The van der Waals surface area contributed by atoms with Gasteiger partial charge in [0, 0.05) is 44.4 Å². The molecule has 7 heteroatoms. The van der Waals surface area contributed by atoms with Crippen molar-refractivity contribution in [1.82, 2.24) is 4.90 Å². The predicted octanol–water partition coefficient (Wildman–Crippen LogP) is 3.08. The van der Waals surface area contributed by atoms with Crippen LogP contribution in [-0.4, -0.2) is 41.6 Å². The lowest BCUT2D eigenvalue weighted by Gasteiger charge is -2.29. The summed E-state index contributed by atoms with van der Waals surface area (Å²) < 4.78 is 10.1. The number of ether oxygens (including phenoxy) is 2. The minimum atomic E-state index is -1.27. The molecule has 0 spiro atoms. The van der Waals surface area contributed by atoms with Gasteiger partial charge in [-0.3, -0.25) is 4.79 Å². The molecule has 1 saturated heterocycles. The maximum Gasteiger partial charge on any atom is 0.350 e. The van der Waals surface area contributed by atoms with Gasteiger partial charge in [-0.2, -0.15) is 0 Å². The number of nitrogens with zero attached hydrogens (tertiary/aromatic N) is 1. The van der Waals surface area contributed by atoms with Crippen molar-refractivity contribution in [2.75, 3.05) is 18.4 Å². The average Bonchev–Trinajstić information content (AvgIpc) is 2.60. The van der Waals surface area contributed by atoms with Crippen LogP contribution in [0.3, 0.4) is 0 Å². The van der Waals surface area contributed by atoms with Crippen LogP contribution in [-0.2, 0) is 19.1 Å². The molecule has 27 heavy (non-hydrogen) atoms. The monoisotopic (exact) mass is 374 g/mol. The molecule has 146 valence electrons. The summed E-state index contributed by atoms with van der Waals surface area (Å²) in [5, 5.41) is 2.86. The Balaban J connectivity index is 2.06. The Bertz CT molecular complexity index is 709. The lowest BCUT2D eigenvalue weighted by atomic mass is 10.1. The van der Waals surface area contributed by atoms with Gasteiger partial charge in [-0.15, -0.1) is 0 Å². The second-order valence-electron chi connectivity index (χ2n) is 6.75. The summed E-state index contributed by atoms with van der Waals surface area (Å²) in [7, 11) is 0. The SMILES string of the molecule is CCCN(CCC)C(=O)c1ccc(NC=C2C(=O)OC(C)(C)OC2=O)cc1. The molecular weight excluding hydrogens is 348 g/mol. The molecule has 0 radical (unpaired) electrons. The van der Waals surface area contributed by atoms with Crippen LogP contribution in [0.1, 0.15) is 50.9 Å². The number of anilines is 1. The number of carbonyl (C=O) groups excluding carboxylic acids is 3. The van der Waals surface area contributed by atoms with Crippen LogP contribution in [0.2, 0.25) is 0 Å². The Morgan fingerprint density at radius 2 is 1.56 bits per heavy atom. The maximum absolute atomic E-state index is 12.6. The van der Waals surface area contributed by atoms with Gasteiger partial charge in [-0.05, 0) is 37.1 Å². The van der Waals surface area contributed by atoms with E-state index >= 15 is 0 Å². The Labute approximate surface area is 159 Å². The molecule has 0 aromatic heterocycles. The molecule has 7 nitrogen and oxygen atoms in total. The highest BCUT2D eigenvalue weighted by molar-refractivity contribution is 6.15. The van der Waals surface area contributed by atoms with E-state index in [2.05, 4.69) is 5.32 Å². The number of rotatable bonds is 7. The lowest BCUT2D eigenvalue weighted by Crippen LogP contribution is -2.42. The molecule has 1 N–H and O–H groups in total. The van der Waals surface area contributed by atoms with E-state index in [1.807, 2.05) is 18.7 Å². The van der Waals surface area contributed by atoms with E-state index in [-0.39, 0.29) is 11.5 Å². The topological polar surface area (TPSA) is 84.9 Å². The summed E-state index contributed by atoms with van der Waals surface area (Å²) >= 11 is 0. The number of amides is 1. The van der Waals surface area contributed by atoms with Crippen molar-refractivity contribution in [3.63, 3.8) is 0 Å². The van der Waals surface area contributed by atoms with Crippen molar-refractivity contribution < 1.29 is 23.9 Å². The average molecular weight is 374 g/mol. The van der Waals surface area contributed by atoms with E-state index in [9.17, 15) is 14.4 Å². The number of carbonyl (C=O) groups is 3. The van der Waals surface area contributed by atoms with Crippen molar-refractivity contribution in [3.05, 3.63) is 41.6 Å². The molecule has 0 atom stereocenters. The van der Waals surface area contributed by atoms with E-state index in [1.165, 1.54) is 20.0 Å². The third-order valence-electron chi connectivity index (χ3n) is 3.91. The zero-order chi connectivity index (χ0) is 20.0. The third-order valence-corrected chi connectivity index (χ3v) is 3.91. The van der Waals surface area contributed by atoms with E-state index in [4.69, 9.17) is 9.47 Å². The van der Waals surface area contributed by atoms with Crippen molar-refractivity contribution in [2.45, 2.75) is 46.3 Å². The van der Waals surface area contributed by atoms with Crippen LogP contribution in [0.4, 0.5) is 5.69 Å². The number of hydrogen-bond acceptors (Lipinski definition) is 6. The van der Waals surface area contributed by atoms with Crippen molar-refractivity contribution >= 4 is 23.5 Å². The van der Waals surface area contributed by atoms with Crippen LogP contribution in [0.25, 0.3) is 0 Å². The molecule has 1 fully saturated rings. The summed E-state index contributed by atoms with van der Waals surface area (Å²) in [6.45, 7) is 8.50. The molecule has 0 unspecified atom stereocenters. The van der Waals surface area contributed by atoms with Gasteiger partial charge in [0.15, 0.2) is 5.57 Å². The van der Waals surface area contributed by atoms with Gasteiger partial charge < -0.3 is 19.7 Å². The minimum absolute atomic E-state index is 0.00901. The fourth-order valence-corrected chi connectivity index (χ4v) is 2.68. The molecule has 1 amide bonds. The molecular formula is C20H26N2O5. The van der Waals surface area contributed by atoms with E-state index in [1.54, 1.807) is 24.3 Å². The van der Waals surface area contributed by atoms with E-state index in [0.717, 1.165) is 25.9 Å². The molecule has 1 aliphatic rings.